The summed E-state index contributed by atoms with van der Waals surface area (Å²) in [7, 11) is 0. The molecule has 2 nitrogen and oxygen atoms in total. The molecule has 0 aliphatic heterocycles. The van der Waals surface area contributed by atoms with Gasteiger partial charge in [0.25, 0.3) is 0 Å². The molecule has 1 aliphatic rings. The van der Waals surface area contributed by atoms with Crippen LogP contribution in [0.5, 0.6) is 5.75 Å². The highest BCUT2D eigenvalue weighted by atomic mass is 127. The van der Waals surface area contributed by atoms with Gasteiger partial charge in [-0.3, -0.25) is 0 Å². The summed E-state index contributed by atoms with van der Waals surface area (Å²) in [6.07, 6.45) is 2.83. The summed E-state index contributed by atoms with van der Waals surface area (Å²) in [6.45, 7) is 0. The number of rotatable bonds is 1. The van der Waals surface area contributed by atoms with E-state index in [9.17, 15) is 5.11 Å². The van der Waals surface area contributed by atoms with Gasteiger partial charge < -0.3 is 5.11 Å². The number of nitrogens with zero attached hydrogens (tertiary/aromatic N) is 1. The highest BCUT2D eigenvalue weighted by Gasteiger charge is 2.40. The molecule has 0 amide bonds. The Morgan fingerprint density at radius 1 is 1.43 bits per heavy atom. The van der Waals surface area contributed by atoms with Gasteiger partial charge in [0.15, 0.2) is 0 Å². The summed E-state index contributed by atoms with van der Waals surface area (Å²) in [5, 5.41) is 18.9. The third-order valence-corrected chi connectivity index (χ3v) is 3.57. The molecule has 1 N–H and O–H groups in total. The van der Waals surface area contributed by atoms with Crippen LogP contribution in [0.2, 0.25) is 0 Å². The number of phenols is 1. The largest absolute Gasteiger partial charge is 0.508 e. The van der Waals surface area contributed by atoms with Gasteiger partial charge in [-0.25, -0.2) is 0 Å². The van der Waals surface area contributed by atoms with Gasteiger partial charge in [-0.15, -0.1) is 0 Å². The molecule has 1 aromatic rings. The molecule has 0 aromatic heterocycles. The van der Waals surface area contributed by atoms with Crippen molar-refractivity contribution < 1.29 is 5.11 Å². The summed E-state index contributed by atoms with van der Waals surface area (Å²) >= 11 is 2.15. The molecule has 1 aliphatic carbocycles. The molecule has 0 bridgehead atoms. The van der Waals surface area contributed by atoms with Crippen LogP contribution in [0.1, 0.15) is 24.8 Å². The van der Waals surface area contributed by atoms with E-state index in [1.165, 1.54) is 0 Å². The first kappa shape index (κ1) is 9.78. The smallest absolute Gasteiger partial charge is 0.121 e. The molecule has 1 aromatic carbocycles. The minimum atomic E-state index is -0.408. The monoisotopic (exact) mass is 299 g/mol. The predicted octanol–water partition coefficient (Wildman–Crippen LogP) is 2.94. The van der Waals surface area contributed by atoms with Crippen molar-refractivity contribution in [3.05, 3.63) is 27.3 Å². The average molecular weight is 299 g/mol. The van der Waals surface area contributed by atoms with E-state index >= 15 is 0 Å². The van der Waals surface area contributed by atoms with Gasteiger partial charge in [-0.1, -0.05) is 6.07 Å². The van der Waals surface area contributed by atoms with E-state index in [0.717, 1.165) is 28.4 Å². The number of hydrogen-bond acceptors (Lipinski definition) is 2. The molecule has 1 saturated carbocycles. The zero-order chi connectivity index (χ0) is 10.2. The number of hydrogen-bond donors (Lipinski definition) is 1. The lowest BCUT2D eigenvalue weighted by molar-refractivity contribution is 0.311. The SMILES string of the molecule is N#CC1(c2ccc(I)cc2O)CCC1. The van der Waals surface area contributed by atoms with Crippen molar-refractivity contribution in [1.29, 1.82) is 5.26 Å². The maximum Gasteiger partial charge on any atom is 0.121 e. The lowest BCUT2D eigenvalue weighted by Gasteiger charge is -2.35. The Hall–Kier alpha value is -0.760. The summed E-state index contributed by atoms with van der Waals surface area (Å²) in [4.78, 5) is 0. The van der Waals surface area contributed by atoms with Crippen molar-refractivity contribution in [2.75, 3.05) is 0 Å². The highest BCUT2D eigenvalue weighted by molar-refractivity contribution is 14.1. The molecule has 0 spiro atoms. The summed E-state index contributed by atoms with van der Waals surface area (Å²) in [6, 6.07) is 7.86. The first-order valence-electron chi connectivity index (χ1n) is 4.58. The number of phenolic OH excluding ortho intramolecular Hbond substituents is 1. The van der Waals surface area contributed by atoms with Crippen molar-refractivity contribution in [3.63, 3.8) is 0 Å². The number of halogens is 1. The lowest BCUT2D eigenvalue weighted by atomic mass is 9.65. The molecule has 14 heavy (non-hydrogen) atoms. The Bertz CT molecular complexity index is 404. The van der Waals surface area contributed by atoms with Gasteiger partial charge in [-0.05, 0) is 54.0 Å². The standard InChI is InChI=1S/C11H10INO/c12-8-2-3-9(10(14)6-8)11(7-13)4-1-5-11/h2-3,6,14H,1,4-5H2. The lowest BCUT2D eigenvalue weighted by Crippen LogP contribution is -2.32. The number of benzene rings is 1. The zero-order valence-electron chi connectivity index (χ0n) is 7.63. The topological polar surface area (TPSA) is 44.0 Å². The first-order valence-corrected chi connectivity index (χ1v) is 5.66. The van der Waals surface area contributed by atoms with Gasteiger partial charge >= 0.3 is 0 Å². The molecule has 0 radical (unpaired) electrons. The van der Waals surface area contributed by atoms with Gasteiger partial charge in [0.05, 0.1) is 11.5 Å². The van der Waals surface area contributed by atoms with Crippen molar-refractivity contribution in [1.82, 2.24) is 0 Å². The van der Waals surface area contributed by atoms with Crippen LogP contribution in [0.4, 0.5) is 0 Å². The molecule has 1 fully saturated rings. The maximum absolute atomic E-state index is 9.77. The van der Waals surface area contributed by atoms with Crippen molar-refractivity contribution >= 4 is 22.6 Å². The Kier molecular flexibility index (Phi) is 2.40. The summed E-state index contributed by atoms with van der Waals surface area (Å²) in [5.74, 6) is 0.262. The van der Waals surface area contributed by atoms with Crippen LogP contribution >= 0.6 is 22.6 Å². The van der Waals surface area contributed by atoms with Crippen LogP contribution < -0.4 is 0 Å². The van der Waals surface area contributed by atoms with E-state index < -0.39 is 5.41 Å². The van der Waals surface area contributed by atoms with Gasteiger partial charge in [0.1, 0.15) is 5.75 Å². The van der Waals surface area contributed by atoms with Crippen LogP contribution in [0, 0.1) is 14.9 Å². The fraction of sp³-hybridized carbons (Fsp3) is 0.364. The minimum Gasteiger partial charge on any atom is -0.508 e. The molecule has 2 rings (SSSR count). The third kappa shape index (κ3) is 1.38. The normalized spacial score (nSPS) is 18.3. The van der Waals surface area contributed by atoms with E-state index in [1.54, 1.807) is 6.07 Å². The Balaban J connectivity index is 2.46. The van der Waals surface area contributed by atoms with E-state index in [-0.39, 0.29) is 5.75 Å². The third-order valence-electron chi connectivity index (χ3n) is 2.90. The van der Waals surface area contributed by atoms with Crippen LogP contribution in [-0.2, 0) is 5.41 Å². The highest BCUT2D eigenvalue weighted by Crippen LogP contribution is 2.46. The van der Waals surface area contributed by atoms with Gasteiger partial charge in [0.2, 0.25) is 0 Å². The molecule has 0 saturated heterocycles. The van der Waals surface area contributed by atoms with E-state index in [2.05, 4.69) is 28.7 Å². The average Bonchev–Trinajstić information content (AvgIpc) is 2.07. The molecule has 0 heterocycles. The summed E-state index contributed by atoms with van der Waals surface area (Å²) < 4.78 is 0.997. The Morgan fingerprint density at radius 2 is 2.14 bits per heavy atom. The first-order chi connectivity index (χ1) is 6.68. The number of aromatic hydroxyl groups is 1. The second kappa shape index (κ2) is 3.43. The number of nitriles is 1. The van der Waals surface area contributed by atoms with Crippen molar-refractivity contribution in [2.24, 2.45) is 0 Å². The minimum absolute atomic E-state index is 0.262. The van der Waals surface area contributed by atoms with E-state index in [1.807, 2.05) is 12.1 Å². The molecule has 0 atom stereocenters. The molecule has 0 unspecified atom stereocenters. The molecular weight excluding hydrogens is 289 g/mol. The molecule has 72 valence electrons. The van der Waals surface area contributed by atoms with Gasteiger partial charge in [-0.2, -0.15) is 5.26 Å². The van der Waals surface area contributed by atoms with Crippen LogP contribution in [0.15, 0.2) is 18.2 Å². The zero-order valence-corrected chi connectivity index (χ0v) is 9.78. The van der Waals surface area contributed by atoms with Crippen molar-refractivity contribution in [2.45, 2.75) is 24.7 Å². The fourth-order valence-corrected chi connectivity index (χ4v) is 2.36. The second-order valence-corrected chi connectivity index (χ2v) is 4.95. The fourth-order valence-electron chi connectivity index (χ4n) is 1.88. The van der Waals surface area contributed by atoms with Crippen molar-refractivity contribution in [3.8, 4) is 11.8 Å². The predicted molar refractivity (Wildman–Crippen MR) is 62.0 cm³/mol. The maximum atomic E-state index is 9.77. The van der Waals surface area contributed by atoms with Crippen LogP contribution in [-0.4, -0.2) is 5.11 Å². The Morgan fingerprint density at radius 3 is 2.57 bits per heavy atom. The quantitative estimate of drug-likeness (QED) is 0.810. The molecular formula is C11H10INO. The van der Waals surface area contributed by atoms with Crippen LogP contribution in [0.3, 0.4) is 0 Å². The van der Waals surface area contributed by atoms with Gasteiger partial charge in [0, 0.05) is 9.13 Å². The second-order valence-electron chi connectivity index (χ2n) is 3.71. The summed E-state index contributed by atoms with van der Waals surface area (Å²) in [5.41, 5.74) is 0.390. The molecule has 3 heteroatoms. The van der Waals surface area contributed by atoms with Crippen LogP contribution in [0.25, 0.3) is 0 Å². The Labute approximate surface area is 96.7 Å². The van der Waals surface area contributed by atoms with E-state index in [0.29, 0.717) is 0 Å². The van der Waals surface area contributed by atoms with E-state index in [4.69, 9.17) is 5.26 Å².